The van der Waals surface area contributed by atoms with Crippen LogP contribution in [-0.4, -0.2) is 12.1 Å². The molecule has 4 aromatic carbocycles. The molecule has 0 aliphatic rings. The Hall–Kier alpha value is -3.46. The molecule has 0 aromatic heterocycles. The Morgan fingerprint density at radius 1 is 0.846 bits per heavy atom. The fourth-order valence-corrected chi connectivity index (χ4v) is 3.11. The molecule has 4 rings (SSSR count). The number of aryl methyl sites for hydroxylation is 1. The van der Waals surface area contributed by atoms with E-state index < -0.39 is 0 Å². The fourth-order valence-electron chi connectivity index (χ4n) is 3.11. The number of carbonyl (C=O) groups excluding carboxylic acids is 1. The molecule has 1 N–H and O–H groups in total. The lowest BCUT2D eigenvalue weighted by atomic mass is 9.97. The van der Waals surface area contributed by atoms with E-state index in [2.05, 4.69) is 40.9 Å². The first-order chi connectivity index (χ1) is 12.7. The lowest BCUT2D eigenvalue weighted by molar-refractivity contribution is 0.0955. The summed E-state index contributed by atoms with van der Waals surface area (Å²) in [7, 11) is 0. The number of carbonyl (C=O) groups is 1. The minimum absolute atomic E-state index is 0.217. The molecule has 0 spiro atoms. The molecular formula is C23H18N2O. The first kappa shape index (κ1) is 16.0. The second kappa shape index (κ2) is 6.81. The summed E-state index contributed by atoms with van der Waals surface area (Å²) in [5.41, 5.74) is 5.34. The van der Waals surface area contributed by atoms with Crippen LogP contribution >= 0.6 is 0 Å². The van der Waals surface area contributed by atoms with E-state index in [0.717, 1.165) is 32.7 Å². The van der Waals surface area contributed by atoms with Gasteiger partial charge in [0.25, 0.3) is 5.91 Å². The van der Waals surface area contributed by atoms with Gasteiger partial charge in [-0.3, -0.25) is 4.79 Å². The van der Waals surface area contributed by atoms with E-state index in [9.17, 15) is 4.79 Å². The monoisotopic (exact) mass is 338 g/mol. The molecule has 3 heteroatoms. The first-order valence-electron chi connectivity index (χ1n) is 8.53. The number of nitrogens with zero attached hydrogens (tertiary/aromatic N) is 1. The van der Waals surface area contributed by atoms with Crippen LogP contribution < -0.4 is 5.43 Å². The number of amides is 1. The third-order valence-electron chi connectivity index (χ3n) is 4.49. The Morgan fingerprint density at radius 3 is 2.04 bits per heavy atom. The molecule has 4 aromatic rings. The highest BCUT2D eigenvalue weighted by Crippen LogP contribution is 2.27. The van der Waals surface area contributed by atoms with Gasteiger partial charge in [0.1, 0.15) is 0 Å². The predicted molar refractivity (Wildman–Crippen MR) is 108 cm³/mol. The Kier molecular flexibility index (Phi) is 4.20. The van der Waals surface area contributed by atoms with Crippen molar-refractivity contribution in [1.82, 2.24) is 5.43 Å². The number of nitrogens with one attached hydrogen (secondary N) is 1. The standard InChI is InChI=1S/C23H18N2O/c1-16-10-12-17(13-11-16)23(26)25-24-15-22-20-8-4-2-6-18(20)14-19-7-3-5-9-21(19)22/h2-15H,1H3,(H,25,26)/b24-15-. The lowest BCUT2D eigenvalue weighted by Crippen LogP contribution is -2.17. The molecule has 0 aliphatic carbocycles. The van der Waals surface area contributed by atoms with Gasteiger partial charge >= 0.3 is 0 Å². The van der Waals surface area contributed by atoms with Crippen molar-refractivity contribution in [3.8, 4) is 0 Å². The van der Waals surface area contributed by atoms with Crippen molar-refractivity contribution in [2.24, 2.45) is 5.10 Å². The largest absolute Gasteiger partial charge is 0.271 e. The van der Waals surface area contributed by atoms with Crippen LogP contribution in [0.3, 0.4) is 0 Å². The molecule has 0 saturated carbocycles. The molecule has 0 heterocycles. The average Bonchev–Trinajstić information content (AvgIpc) is 2.68. The highest BCUT2D eigenvalue weighted by molar-refractivity contribution is 6.13. The average molecular weight is 338 g/mol. The van der Waals surface area contributed by atoms with Gasteiger partial charge in [-0.05, 0) is 46.7 Å². The van der Waals surface area contributed by atoms with E-state index in [1.165, 1.54) is 0 Å². The van der Waals surface area contributed by atoms with Gasteiger partial charge in [0.2, 0.25) is 0 Å². The Morgan fingerprint density at radius 2 is 1.42 bits per heavy atom. The fraction of sp³-hybridized carbons (Fsp3) is 0.0435. The van der Waals surface area contributed by atoms with Gasteiger partial charge in [0.05, 0.1) is 6.21 Å². The predicted octanol–water partition coefficient (Wildman–Crippen LogP) is 5.07. The summed E-state index contributed by atoms with van der Waals surface area (Å²) in [6.45, 7) is 1.99. The molecule has 3 nitrogen and oxygen atoms in total. The van der Waals surface area contributed by atoms with Crippen LogP contribution in [-0.2, 0) is 0 Å². The summed E-state index contributed by atoms with van der Waals surface area (Å²) in [4.78, 5) is 12.2. The van der Waals surface area contributed by atoms with Crippen molar-refractivity contribution >= 4 is 33.7 Å². The molecule has 126 valence electrons. The van der Waals surface area contributed by atoms with Gasteiger partial charge in [0, 0.05) is 11.1 Å². The second-order valence-electron chi connectivity index (χ2n) is 6.30. The number of rotatable bonds is 3. The smallest absolute Gasteiger partial charge is 0.267 e. The quantitative estimate of drug-likeness (QED) is 0.316. The highest BCUT2D eigenvalue weighted by Gasteiger charge is 2.06. The SMILES string of the molecule is Cc1ccc(C(=O)N/N=C\c2c3ccccc3cc3ccccc23)cc1. The zero-order valence-electron chi connectivity index (χ0n) is 14.4. The molecule has 0 bridgehead atoms. The van der Waals surface area contributed by atoms with Crippen LogP contribution in [0.15, 0.2) is 84.0 Å². The maximum atomic E-state index is 12.2. The van der Waals surface area contributed by atoms with Gasteiger partial charge in [-0.2, -0.15) is 5.10 Å². The van der Waals surface area contributed by atoms with Crippen molar-refractivity contribution in [3.05, 3.63) is 95.6 Å². The molecule has 0 aliphatic heterocycles. The lowest BCUT2D eigenvalue weighted by Gasteiger charge is -2.08. The van der Waals surface area contributed by atoms with Crippen molar-refractivity contribution in [3.63, 3.8) is 0 Å². The second-order valence-corrected chi connectivity index (χ2v) is 6.30. The zero-order chi connectivity index (χ0) is 17.9. The van der Waals surface area contributed by atoms with E-state index in [-0.39, 0.29) is 5.91 Å². The molecule has 0 unspecified atom stereocenters. The van der Waals surface area contributed by atoms with Gasteiger partial charge in [0.15, 0.2) is 0 Å². The number of hydrogen-bond acceptors (Lipinski definition) is 2. The zero-order valence-corrected chi connectivity index (χ0v) is 14.4. The van der Waals surface area contributed by atoms with Crippen molar-refractivity contribution < 1.29 is 4.79 Å². The van der Waals surface area contributed by atoms with E-state index >= 15 is 0 Å². The summed E-state index contributed by atoms with van der Waals surface area (Å²) in [5.74, 6) is -0.217. The summed E-state index contributed by atoms with van der Waals surface area (Å²) in [6, 6.07) is 26.0. The number of hydrazone groups is 1. The van der Waals surface area contributed by atoms with E-state index in [1.54, 1.807) is 18.3 Å². The van der Waals surface area contributed by atoms with Crippen molar-refractivity contribution in [2.75, 3.05) is 0 Å². The van der Waals surface area contributed by atoms with Crippen molar-refractivity contribution in [1.29, 1.82) is 0 Å². The van der Waals surface area contributed by atoms with Gasteiger partial charge in [-0.25, -0.2) is 5.43 Å². The number of benzene rings is 4. The Labute approximate surface area is 152 Å². The minimum Gasteiger partial charge on any atom is -0.267 e. The molecule has 0 fully saturated rings. The summed E-state index contributed by atoms with van der Waals surface area (Å²) >= 11 is 0. The maximum absolute atomic E-state index is 12.2. The highest BCUT2D eigenvalue weighted by atomic mass is 16.2. The summed E-state index contributed by atoms with van der Waals surface area (Å²) < 4.78 is 0. The van der Waals surface area contributed by atoms with Gasteiger partial charge < -0.3 is 0 Å². The van der Waals surface area contributed by atoms with Crippen LogP contribution in [0.2, 0.25) is 0 Å². The molecular weight excluding hydrogens is 320 g/mol. The van der Waals surface area contributed by atoms with E-state index in [1.807, 2.05) is 43.3 Å². The van der Waals surface area contributed by atoms with E-state index in [4.69, 9.17) is 0 Å². The molecule has 0 atom stereocenters. The minimum atomic E-state index is -0.217. The third kappa shape index (κ3) is 3.07. The molecule has 0 radical (unpaired) electrons. The normalized spacial score (nSPS) is 11.3. The number of hydrogen-bond donors (Lipinski definition) is 1. The van der Waals surface area contributed by atoms with E-state index in [0.29, 0.717) is 5.56 Å². The van der Waals surface area contributed by atoms with Crippen molar-refractivity contribution in [2.45, 2.75) is 6.92 Å². The number of fused-ring (bicyclic) bond motifs is 2. The summed E-state index contributed by atoms with van der Waals surface area (Å²) in [6.07, 6.45) is 1.73. The third-order valence-corrected chi connectivity index (χ3v) is 4.49. The van der Waals surface area contributed by atoms with Crippen LogP contribution in [0.4, 0.5) is 0 Å². The Bertz CT molecular complexity index is 1070. The van der Waals surface area contributed by atoms with Crippen LogP contribution in [0, 0.1) is 6.92 Å². The molecule has 0 saturated heterocycles. The van der Waals surface area contributed by atoms with Crippen LogP contribution in [0.5, 0.6) is 0 Å². The van der Waals surface area contributed by atoms with Crippen LogP contribution in [0.1, 0.15) is 21.5 Å². The summed E-state index contributed by atoms with van der Waals surface area (Å²) in [5, 5.41) is 8.74. The Balaban J connectivity index is 1.70. The first-order valence-corrected chi connectivity index (χ1v) is 8.53. The molecule has 26 heavy (non-hydrogen) atoms. The van der Waals surface area contributed by atoms with Gasteiger partial charge in [-0.1, -0.05) is 66.2 Å². The maximum Gasteiger partial charge on any atom is 0.271 e. The van der Waals surface area contributed by atoms with Gasteiger partial charge in [-0.15, -0.1) is 0 Å². The van der Waals surface area contributed by atoms with Crippen LogP contribution in [0.25, 0.3) is 21.5 Å². The molecule has 1 amide bonds. The topological polar surface area (TPSA) is 41.5 Å².